The quantitative estimate of drug-likeness (QED) is 0.904. The van der Waals surface area contributed by atoms with Gasteiger partial charge in [-0.25, -0.2) is 4.98 Å². The van der Waals surface area contributed by atoms with E-state index in [1.165, 1.54) is 21.6 Å². The van der Waals surface area contributed by atoms with Gasteiger partial charge in [-0.05, 0) is 36.5 Å². The van der Waals surface area contributed by atoms with Crippen molar-refractivity contribution >= 4 is 16.5 Å². The third-order valence-corrected chi connectivity index (χ3v) is 4.26. The molecule has 0 saturated heterocycles. The lowest BCUT2D eigenvalue weighted by atomic mass is 9.98. The average Bonchev–Trinajstić information content (AvgIpc) is 2.66. The summed E-state index contributed by atoms with van der Waals surface area (Å²) in [5.41, 5.74) is 11.1. The first-order valence-corrected chi connectivity index (χ1v) is 7.11. The normalized spacial score (nSPS) is 11.2. The molecule has 3 heteroatoms. The Bertz CT molecular complexity index is 556. The third kappa shape index (κ3) is 2.56. The molecule has 0 fully saturated rings. The van der Waals surface area contributed by atoms with Crippen molar-refractivity contribution in [1.29, 1.82) is 0 Å². The van der Waals surface area contributed by atoms with Crippen molar-refractivity contribution in [1.82, 2.24) is 4.98 Å². The van der Waals surface area contributed by atoms with Crippen LogP contribution < -0.4 is 5.73 Å². The number of hydrogen-bond acceptors (Lipinski definition) is 3. The maximum absolute atomic E-state index is 5.85. The van der Waals surface area contributed by atoms with Crippen LogP contribution in [-0.2, 0) is 6.42 Å². The first-order valence-electron chi connectivity index (χ1n) is 6.29. The molecule has 0 unspecified atom stereocenters. The molecule has 2 rings (SSSR count). The number of thiazole rings is 1. The molecule has 18 heavy (non-hydrogen) atoms. The van der Waals surface area contributed by atoms with Gasteiger partial charge in [-0.15, -0.1) is 11.3 Å². The summed E-state index contributed by atoms with van der Waals surface area (Å²) < 4.78 is 0. The highest BCUT2D eigenvalue weighted by atomic mass is 32.1. The van der Waals surface area contributed by atoms with Gasteiger partial charge in [-0.2, -0.15) is 0 Å². The van der Waals surface area contributed by atoms with Gasteiger partial charge in [0.25, 0.3) is 0 Å². The summed E-state index contributed by atoms with van der Waals surface area (Å²) in [5, 5.41) is 0.680. The molecule has 0 aliphatic rings. The van der Waals surface area contributed by atoms with E-state index in [1.807, 2.05) is 0 Å². The van der Waals surface area contributed by atoms with Gasteiger partial charge in [0.05, 0.1) is 5.69 Å². The molecule has 1 heterocycles. The molecule has 0 amide bonds. The van der Waals surface area contributed by atoms with Crippen LogP contribution in [0.25, 0.3) is 0 Å². The van der Waals surface area contributed by atoms with Gasteiger partial charge < -0.3 is 5.73 Å². The van der Waals surface area contributed by atoms with E-state index in [2.05, 4.69) is 50.9 Å². The standard InChI is InChI=1S/C15H20N2S/c1-9(2)14-13(18-15(16)17-14)8-12-7-5-6-10(3)11(12)4/h5-7,9H,8H2,1-4H3,(H2,16,17). The van der Waals surface area contributed by atoms with E-state index in [0.717, 1.165) is 12.1 Å². The predicted octanol–water partition coefficient (Wildman–Crippen LogP) is 4.06. The number of nitrogens with two attached hydrogens (primary N) is 1. The second-order valence-corrected chi connectivity index (χ2v) is 6.17. The first kappa shape index (κ1) is 13.1. The smallest absolute Gasteiger partial charge is 0.180 e. The molecule has 96 valence electrons. The number of aromatic nitrogens is 1. The van der Waals surface area contributed by atoms with E-state index < -0.39 is 0 Å². The Morgan fingerprint density at radius 1 is 1.28 bits per heavy atom. The van der Waals surface area contributed by atoms with Gasteiger partial charge in [-0.1, -0.05) is 32.0 Å². The second-order valence-electron chi connectivity index (χ2n) is 5.05. The van der Waals surface area contributed by atoms with Crippen molar-refractivity contribution in [3.63, 3.8) is 0 Å². The van der Waals surface area contributed by atoms with E-state index in [-0.39, 0.29) is 0 Å². The summed E-state index contributed by atoms with van der Waals surface area (Å²) in [6.07, 6.45) is 0.940. The summed E-state index contributed by atoms with van der Waals surface area (Å²) in [6.45, 7) is 8.68. The van der Waals surface area contributed by atoms with Gasteiger partial charge in [0.1, 0.15) is 0 Å². The van der Waals surface area contributed by atoms with Crippen molar-refractivity contribution in [3.05, 3.63) is 45.5 Å². The zero-order chi connectivity index (χ0) is 13.3. The van der Waals surface area contributed by atoms with Crippen LogP contribution >= 0.6 is 11.3 Å². The van der Waals surface area contributed by atoms with Crippen LogP contribution in [0.3, 0.4) is 0 Å². The molecule has 0 aliphatic carbocycles. The molecule has 2 N–H and O–H groups in total. The predicted molar refractivity (Wildman–Crippen MR) is 79.3 cm³/mol. The summed E-state index contributed by atoms with van der Waals surface area (Å²) in [5.74, 6) is 0.429. The Balaban J connectivity index is 2.37. The summed E-state index contributed by atoms with van der Waals surface area (Å²) in [7, 11) is 0. The molecule has 2 aromatic rings. The van der Waals surface area contributed by atoms with E-state index in [9.17, 15) is 0 Å². The van der Waals surface area contributed by atoms with E-state index in [4.69, 9.17) is 5.73 Å². The minimum absolute atomic E-state index is 0.429. The van der Waals surface area contributed by atoms with Gasteiger partial charge >= 0.3 is 0 Å². The Morgan fingerprint density at radius 2 is 2.00 bits per heavy atom. The molecular formula is C15H20N2S. The van der Waals surface area contributed by atoms with E-state index >= 15 is 0 Å². The van der Waals surface area contributed by atoms with Gasteiger partial charge in [-0.3, -0.25) is 0 Å². The van der Waals surface area contributed by atoms with Crippen molar-refractivity contribution in [3.8, 4) is 0 Å². The Morgan fingerprint density at radius 3 is 2.67 bits per heavy atom. The number of anilines is 1. The molecule has 0 atom stereocenters. The Kier molecular flexibility index (Phi) is 3.71. The lowest BCUT2D eigenvalue weighted by molar-refractivity contribution is 0.820. The lowest BCUT2D eigenvalue weighted by Gasteiger charge is -2.09. The zero-order valence-electron chi connectivity index (χ0n) is 11.4. The zero-order valence-corrected chi connectivity index (χ0v) is 12.3. The number of benzene rings is 1. The summed E-state index contributed by atoms with van der Waals surface area (Å²) >= 11 is 1.62. The third-order valence-electron chi connectivity index (χ3n) is 3.36. The molecule has 0 spiro atoms. The molecule has 0 radical (unpaired) electrons. The minimum Gasteiger partial charge on any atom is -0.375 e. The monoisotopic (exact) mass is 260 g/mol. The highest BCUT2D eigenvalue weighted by Crippen LogP contribution is 2.29. The lowest BCUT2D eigenvalue weighted by Crippen LogP contribution is -1.97. The fourth-order valence-corrected chi connectivity index (χ4v) is 3.15. The van der Waals surface area contributed by atoms with Crippen LogP contribution in [0.15, 0.2) is 18.2 Å². The van der Waals surface area contributed by atoms with Crippen molar-refractivity contribution < 1.29 is 0 Å². The fourth-order valence-electron chi connectivity index (χ4n) is 2.14. The first-order chi connectivity index (χ1) is 8.49. The number of hydrogen-bond donors (Lipinski definition) is 1. The molecule has 1 aromatic carbocycles. The largest absolute Gasteiger partial charge is 0.375 e. The molecule has 0 bridgehead atoms. The maximum atomic E-state index is 5.85. The van der Waals surface area contributed by atoms with Crippen molar-refractivity contribution in [2.24, 2.45) is 0 Å². The summed E-state index contributed by atoms with van der Waals surface area (Å²) in [4.78, 5) is 5.76. The molecule has 0 saturated carbocycles. The molecule has 2 nitrogen and oxygen atoms in total. The van der Waals surface area contributed by atoms with Crippen LogP contribution in [0.5, 0.6) is 0 Å². The van der Waals surface area contributed by atoms with E-state index in [1.54, 1.807) is 11.3 Å². The fraction of sp³-hybridized carbons (Fsp3) is 0.400. The number of rotatable bonds is 3. The Hall–Kier alpha value is -1.35. The maximum Gasteiger partial charge on any atom is 0.180 e. The highest BCUT2D eigenvalue weighted by molar-refractivity contribution is 7.15. The summed E-state index contributed by atoms with van der Waals surface area (Å²) in [6, 6.07) is 6.47. The van der Waals surface area contributed by atoms with Gasteiger partial charge in [0.2, 0.25) is 0 Å². The van der Waals surface area contributed by atoms with Crippen LogP contribution in [0.2, 0.25) is 0 Å². The number of aryl methyl sites for hydroxylation is 1. The van der Waals surface area contributed by atoms with E-state index in [0.29, 0.717) is 11.0 Å². The van der Waals surface area contributed by atoms with Crippen LogP contribution in [0.1, 0.15) is 47.0 Å². The molecule has 0 aliphatic heterocycles. The second kappa shape index (κ2) is 5.11. The molecular weight excluding hydrogens is 240 g/mol. The average molecular weight is 260 g/mol. The minimum atomic E-state index is 0.429. The van der Waals surface area contributed by atoms with Crippen LogP contribution in [-0.4, -0.2) is 4.98 Å². The van der Waals surface area contributed by atoms with Crippen LogP contribution in [0.4, 0.5) is 5.13 Å². The van der Waals surface area contributed by atoms with Crippen molar-refractivity contribution in [2.75, 3.05) is 5.73 Å². The van der Waals surface area contributed by atoms with Crippen LogP contribution in [0, 0.1) is 13.8 Å². The SMILES string of the molecule is Cc1cccc(Cc2sc(N)nc2C(C)C)c1C. The number of nitrogens with zero attached hydrogens (tertiary/aromatic N) is 1. The van der Waals surface area contributed by atoms with Gasteiger partial charge in [0.15, 0.2) is 5.13 Å². The Labute approximate surface area is 113 Å². The topological polar surface area (TPSA) is 38.9 Å². The van der Waals surface area contributed by atoms with Crippen molar-refractivity contribution in [2.45, 2.75) is 40.0 Å². The number of nitrogen functional groups attached to an aromatic ring is 1. The molecule has 1 aromatic heterocycles. The highest BCUT2D eigenvalue weighted by Gasteiger charge is 2.14. The van der Waals surface area contributed by atoms with Gasteiger partial charge in [0, 0.05) is 11.3 Å².